The van der Waals surface area contributed by atoms with E-state index in [1.165, 1.54) is 0 Å². The molecule has 1 aromatic heterocycles. The van der Waals surface area contributed by atoms with Gasteiger partial charge in [0.2, 0.25) is 0 Å². The molecule has 0 unspecified atom stereocenters. The fourth-order valence-corrected chi connectivity index (χ4v) is 2.23. The summed E-state index contributed by atoms with van der Waals surface area (Å²) in [6, 6.07) is 10.3. The van der Waals surface area contributed by atoms with Gasteiger partial charge in [-0.1, -0.05) is 12.1 Å². The van der Waals surface area contributed by atoms with Gasteiger partial charge < -0.3 is 4.90 Å². The van der Waals surface area contributed by atoms with Crippen molar-refractivity contribution in [3.8, 4) is 17.3 Å². The maximum atomic E-state index is 8.73. The molecule has 0 radical (unpaired) electrons. The lowest BCUT2D eigenvalue weighted by Crippen LogP contribution is -2.22. The number of rotatable bonds is 4. The summed E-state index contributed by atoms with van der Waals surface area (Å²) < 4.78 is 0. The van der Waals surface area contributed by atoms with Gasteiger partial charge in [0.1, 0.15) is 6.54 Å². The Balaban J connectivity index is 2.21. The number of benzene rings is 1. The van der Waals surface area contributed by atoms with Crippen LogP contribution in [0.5, 0.6) is 0 Å². The number of nitriles is 1. The van der Waals surface area contributed by atoms with E-state index < -0.39 is 0 Å². The van der Waals surface area contributed by atoms with E-state index >= 15 is 0 Å². The zero-order valence-electron chi connectivity index (χ0n) is 9.63. The minimum Gasteiger partial charge on any atom is -0.358 e. The topological polar surface area (TPSA) is 39.9 Å². The first kappa shape index (κ1) is 11.6. The van der Waals surface area contributed by atoms with E-state index in [0.717, 1.165) is 23.5 Å². The van der Waals surface area contributed by atoms with Crippen LogP contribution in [0.3, 0.4) is 0 Å². The molecule has 0 saturated carbocycles. The van der Waals surface area contributed by atoms with Crippen LogP contribution in [0.25, 0.3) is 11.3 Å². The third-order valence-corrected chi connectivity index (χ3v) is 3.19. The summed E-state index contributed by atoms with van der Waals surface area (Å²) in [4.78, 5) is 6.30. The molecule has 1 heterocycles. The Hall–Kier alpha value is -1.86. The van der Waals surface area contributed by atoms with Crippen molar-refractivity contribution in [1.29, 1.82) is 5.26 Å². The van der Waals surface area contributed by atoms with E-state index in [1.807, 2.05) is 47.0 Å². The van der Waals surface area contributed by atoms with Crippen molar-refractivity contribution in [1.82, 2.24) is 4.98 Å². The predicted octanol–water partition coefficient (Wildman–Crippen LogP) is 3.16. The molecule has 0 bridgehead atoms. The molecule has 0 atom stereocenters. The number of thiazole rings is 1. The quantitative estimate of drug-likeness (QED) is 0.774. The standard InChI is InChI=1S/C13H13N3S/c1-2-16(8-7-14)12-5-3-11(4-6-12)13-9-17-10-15-13/h3-6,9-10H,2,8H2,1H3. The van der Waals surface area contributed by atoms with Crippen LogP contribution in [0.4, 0.5) is 5.69 Å². The van der Waals surface area contributed by atoms with Gasteiger partial charge in [0.15, 0.2) is 0 Å². The van der Waals surface area contributed by atoms with Crippen molar-refractivity contribution in [3.05, 3.63) is 35.2 Å². The molecule has 0 aliphatic rings. The maximum absolute atomic E-state index is 8.73. The smallest absolute Gasteiger partial charge is 0.105 e. The van der Waals surface area contributed by atoms with Gasteiger partial charge in [-0.05, 0) is 19.1 Å². The molecule has 4 heteroatoms. The number of hydrogen-bond acceptors (Lipinski definition) is 4. The lowest BCUT2D eigenvalue weighted by molar-refractivity contribution is 0.911. The Morgan fingerprint density at radius 3 is 2.65 bits per heavy atom. The van der Waals surface area contributed by atoms with Crippen LogP contribution in [0.15, 0.2) is 35.2 Å². The van der Waals surface area contributed by atoms with Crippen LogP contribution in [0.2, 0.25) is 0 Å². The lowest BCUT2D eigenvalue weighted by atomic mass is 10.1. The number of aromatic nitrogens is 1. The van der Waals surface area contributed by atoms with Gasteiger partial charge in [0, 0.05) is 23.2 Å². The van der Waals surface area contributed by atoms with E-state index in [1.54, 1.807) is 11.3 Å². The second-order valence-electron chi connectivity index (χ2n) is 3.59. The van der Waals surface area contributed by atoms with Crippen molar-refractivity contribution < 1.29 is 0 Å². The van der Waals surface area contributed by atoms with Crippen LogP contribution in [0, 0.1) is 11.3 Å². The number of hydrogen-bond donors (Lipinski definition) is 0. The lowest BCUT2D eigenvalue weighted by Gasteiger charge is -2.19. The molecule has 3 nitrogen and oxygen atoms in total. The number of anilines is 1. The molecule has 0 aliphatic heterocycles. The van der Waals surface area contributed by atoms with Crippen LogP contribution < -0.4 is 4.90 Å². The fraction of sp³-hybridized carbons (Fsp3) is 0.231. The highest BCUT2D eigenvalue weighted by molar-refractivity contribution is 7.07. The molecule has 2 aromatic rings. The van der Waals surface area contributed by atoms with Crippen molar-refractivity contribution in [2.24, 2.45) is 0 Å². The summed E-state index contributed by atoms with van der Waals surface area (Å²) >= 11 is 1.59. The van der Waals surface area contributed by atoms with Crippen molar-refractivity contribution in [2.45, 2.75) is 6.92 Å². The molecule has 0 amide bonds. The highest BCUT2D eigenvalue weighted by atomic mass is 32.1. The Morgan fingerprint density at radius 1 is 1.35 bits per heavy atom. The minimum absolute atomic E-state index is 0.423. The summed E-state index contributed by atoms with van der Waals surface area (Å²) in [5, 5.41) is 10.8. The fourth-order valence-electron chi connectivity index (χ4n) is 1.67. The summed E-state index contributed by atoms with van der Waals surface area (Å²) in [6.45, 7) is 3.31. The Kier molecular flexibility index (Phi) is 3.73. The second kappa shape index (κ2) is 5.46. The Labute approximate surface area is 105 Å². The largest absolute Gasteiger partial charge is 0.358 e. The Morgan fingerprint density at radius 2 is 2.12 bits per heavy atom. The van der Waals surface area contributed by atoms with E-state index in [0.29, 0.717) is 6.54 Å². The third kappa shape index (κ3) is 2.63. The number of nitrogens with zero attached hydrogens (tertiary/aromatic N) is 3. The highest BCUT2D eigenvalue weighted by Crippen LogP contribution is 2.22. The monoisotopic (exact) mass is 243 g/mol. The average Bonchev–Trinajstić information content (AvgIpc) is 2.90. The summed E-state index contributed by atoms with van der Waals surface area (Å²) in [7, 11) is 0. The molecule has 1 aromatic carbocycles. The van der Waals surface area contributed by atoms with Gasteiger partial charge in [0.25, 0.3) is 0 Å². The molecule has 86 valence electrons. The molecule has 2 rings (SSSR count). The second-order valence-corrected chi connectivity index (χ2v) is 4.31. The van der Waals surface area contributed by atoms with E-state index in [9.17, 15) is 0 Å². The molecule has 0 N–H and O–H groups in total. The van der Waals surface area contributed by atoms with E-state index in [-0.39, 0.29) is 0 Å². The first-order chi connectivity index (χ1) is 8.35. The van der Waals surface area contributed by atoms with Crippen LogP contribution in [0.1, 0.15) is 6.92 Å². The summed E-state index contributed by atoms with van der Waals surface area (Å²) in [5.74, 6) is 0. The average molecular weight is 243 g/mol. The third-order valence-electron chi connectivity index (χ3n) is 2.60. The van der Waals surface area contributed by atoms with Gasteiger partial charge >= 0.3 is 0 Å². The summed E-state index contributed by atoms with van der Waals surface area (Å²) in [5.41, 5.74) is 5.03. The van der Waals surface area contributed by atoms with E-state index in [4.69, 9.17) is 5.26 Å². The molecule has 0 spiro atoms. The first-order valence-corrected chi connectivity index (χ1v) is 6.40. The van der Waals surface area contributed by atoms with Gasteiger partial charge in [-0.3, -0.25) is 0 Å². The van der Waals surface area contributed by atoms with Crippen molar-refractivity contribution in [3.63, 3.8) is 0 Å². The van der Waals surface area contributed by atoms with Crippen molar-refractivity contribution in [2.75, 3.05) is 18.0 Å². The van der Waals surface area contributed by atoms with Gasteiger partial charge in [0.05, 0.1) is 17.3 Å². The Bertz CT molecular complexity index is 496. The van der Waals surface area contributed by atoms with Crippen LogP contribution in [-0.4, -0.2) is 18.1 Å². The van der Waals surface area contributed by atoms with Crippen molar-refractivity contribution >= 4 is 17.0 Å². The maximum Gasteiger partial charge on any atom is 0.105 e. The molecule has 0 aliphatic carbocycles. The normalized spacial score (nSPS) is 9.88. The highest BCUT2D eigenvalue weighted by Gasteiger charge is 2.04. The molecule has 0 saturated heterocycles. The summed E-state index contributed by atoms with van der Waals surface area (Å²) in [6.07, 6.45) is 0. The minimum atomic E-state index is 0.423. The molecular formula is C13H13N3S. The van der Waals surface area contributed by atoms with Gasteiger partial charge in [-0.2, -0.15) is 5.26 Å². The van der Waals surface area contributed by atoms with Gasteiger partial charge in [-0.15, -0.1) is 11.3 Å². The SMILES string of the molecule is CCN(CC#N)c1ccc(-c2cscn2)cc1. The van der Waals surface area contributed by atoms with Crippen LogP contribution >= 0.6 is 11.3 Å². The molecular weight excluding hydrogens is 230 g/mol. The molecule has 0 fully saturated rings. The van der Waals surface area contributed by atoms with Gasteiger partial charge in [-0.25, -0.2) is 4.98 Å². The van der Waals surface area contributed by atoms with Crippen LogP contribution in [-0.2, 0) is 0 Å². The predicted molar refractivity (Wildman–Crippen MR) is 71.1 cm³/mol. The zero-order chi connectivity index (χ0) is 12.1. The molecule has 17 heavy (non-hydrogen) atoms. The first-order valence-electron chi connectivity index (χ1n) is 5.45. The zero-order valence-corrected chi connectivity index (χ0v) is 10.4. The van der Waals surface area contributed by atoms with E-state index in [2.05, 4.69) is 11.1 Å².